The monoisotopic (exact) mass is 297 g/mol. The van der Waals surface area contributed by atoms with Gasteiger partial charge in [0.2, 0.25) is 0 Å². The molecule has 2 rings (SSSR count). The van der Waals surface area contributed by atoms with Crippen LogP contribution in [-0.2, 0) is 17.7 Å². The Kier molecular flexibility index (Phi) is 5.79. The Morgan fingerprint density at radius 3 is 3.15 bits per heavy atom. The SMILES string of the molecule is CCOCC1CCN(C(=O)NCc2ncc(CC)s2)C1. The van der Waals surface area contributed by atoms with Crippen LogP contribution < -0.4 is 5.32 Å². The molecule has 0 aliphatic carbocycles. The van der Waals surface area contributed by atoms with Gasteiger partial charge in [-0.1, -0.05) is 6.92 Å². The van der Waals surface area contributed by atoms with Gasteiger partial charge in [0.15, 0.2) is 0 Å². The molecule has 0 saturated carbocycles. The number of carbonyl (C=O) groups is 1. The molecule has 1 atom stereocenters. The largest absolute Gasteiger partial charge is 0.381 e. The number of carbonyl (C=O) groups excluding carboxylic acids is 1. The molecule has 2 amide bonds. The maximum absolute atomic E-state index is 12.1. The molecule has 6 heteroatoms. The molecule has 1 aromatic heterocycles. The van der Waals surface area contributed by atoms with Gasteiger partial charge in [-0.3, -0.25) is 0 Å². The van der Waals surface area contributed by atoms with Gasteiger partial charge in [0.05, 0.1) is 13.2 Å². The molecule has 0 spiro atoms. The van der Waals surface area contributed by atoms with Gasteiger partial charge < -0.3 is 15.0 Å². The molecule has 1 N–H and O–H groups in total. The quantitative estimate of drug-likeness (QED) is 0.876. The maximum Gasteiger partial charge on any atom is 0.317 e. The summed E-state index contributed by atoms with van der Waals surface area (Å²) in [6.07, 6.45) is 3.92. The lowest BCUT2D eigenvalue weighted by Gasteiger charge is -2.17. The number of ether oxygens (including phenoxy) is 1. The number of nitrogens with zero attached hydrogens (tertiary/aromatic N) is 2. The molecule has 1 saturated heterocycles. The van der Waals surface area contributed by atoms with E-state index in [-0.39, 0.29) is 6.03 Å². The van der Waals surface area contributed by atoms with Crippen molar-refractivity contribution in [3.05, 3.63) is 16.1 Å². The highest BCUT2D eigenvalue weighted by molar-refractivity contribution is 7.11. The Labute approximate surface area is 124 Å². The number of amides is 2. The number of aromatic nitrogens is 1. The van der Waals surface area contributed by atoms with E-state index in [9.17, 15) is 4.79 Å². The summed E-state index contributed by atoms with van der Waals surface area (Å²) in [4.78, 5) is 19.5. The van der Waals surface area contributed by atoms with Crippen LogP contribution in [0.4, 0.5) is 4.79 Å². The second-order valence-electron chi connectivity index (χ2n) is 4.99. The topological polar surface area (TPSA) is 54.5 Å². The number of thiazole rings is 1. The van der Waals surface area contributed by atoms with Crippen LogP contribution in [0.5, 0.6) is 0 Å². The predicted molar refractivity (Wildman–Crippen MR) is 79.9 cm³/mol. The summed E-state index contributed by atoms with van der Waals surface area (Å²) >= 11 is 1.66. The lowest BCUT2D eigenvalue weighted by Crippen LogP contribution is -2.38. The van der Waals surface area contributed by atoms with Crippen LogP contribution in [0, 0.1) is 5.92 Å². The standard InChI is InChI=1S/C14H23N3O2S/c1-3-12-7-15-13(20-12)8-16-14(18)17-6-5-11(9-17)10-19-4-2/h7,11H,3-6,8-10H2,1-2H3,(H,16,18). The molecule has 1 aliphatic rings. The first kappa shape index (κ1) is 15.3. The van der Waals surface area contributed by atoms with Crippen molar-refractivity contribution < 1.29 is 9.53 Å². The van der Waals surface area contributed by atoms with Gasteiger partial charge in [-0.25, -0.2) is 9.78 Å². The summed E-state index contributed by atoms with van der Waals surface area (Å²) in [7, 11) is 0. The third kappa shape index (κ3) is 4.18. The maximum atomic E-state index is 12.1. The molecular formula is C14H23N3O2S. The minimum atomic E-state index is 0.0113. The second kappa shape index (κ2) is 7.59. The molecule has 0 radical (unpaired) electrons. The summed E-state index contributed by atoms with van der Waals surface area (Å²) in [5.41, 5.74) is 0. The molecule has 2 heterocycles. The molecule has 5 nitrogen and oxygen atoms in total. The Bertz CT molecular complexity index is 436. The molecule has 1 aliphatic heterocycles. The van der Waals surface area contributed by atoms with Gasteiger partial charge in [-0.15, -0.1) is 11.3 Å². The van der Waals surface area contributed by atoms with Crippen LogP contribution in [-0.4, -0.2) is 42.2 Å². The van der Waals surface area contributed by atoms with Crippen LogP contribution in [0.3, 0.4) is 0 Å². The van der Waals surface area contributed by atoms with E-state index in [4.69, 9.17) is 4.74 Å². The highest BCUT2D eigenvalue weighted by Crippen LogP contribution is 2.17. The second-order valence-corrected chi connectivity index (χ2v) is 6.19. The van der Waals surface area contributed by atoms with Crippen molar-refractivity contribution in [2.75, 3.05) is 26.3 Å². The number of rotatable bonds is 6. The van der Waals surface area contributed by atoms with E-state index in [0.29, 0.717) is 12.5 Å². The van der Waals surface area contributed by atoms with Crippen molar-refractivity contribution in [3.8, 4) is 0 Å². The Morgan fingerprint density at radius 2 is 2.45 bits per heavy atom. The zero-order valence-electron chi connectivity index (χ0n) is 12.2. The van der Waals surface area contributed by atoms with E-state index in [1.54, 1.807) is 11.3 Å². The molecule has 112 valence electrons. The summed E-state index contributed by atoms with van der Waals surface area (Å²) < 4.78 is 5.42. The Hall–Kier alpha value is -1.14. The third-order valence-electron chi connectivity index (χ3n) is 3.47. The minimum Gasteiger partial charge on any atom is -0.381 e. The predicted octanol–water partition coefficient (Wildman–Crippen LogP) is 2.27. The van der Waals surface area contributed by atoms with Crippen molar-refractivity contribution in [2.45, 2.75) is 33.2 Å². The average Bonchev–Trinajstić information content (AvgIpc) is 3.11. The van der Waals surface area contributed by atoms with Gasteiger partial charge in [-0.05, 0) is 19.8 Å². The third-order valence-corrected chi connectivity index (χ3v) is 4.61. The summed E-state index contributed by atoms with van der Waals surface area (Å²) in [6.45, 7) is 7.75. The van der Waals surface area contributed by atoms with Crippen molar-refractivity contribution in [3.63, 3.8) is 0 Å². The van der Waals surface area contributed by atoms with Crippen LogP contribution in [0.1, 0.15) is 30.2 Å². The van der Waals surface area contributed by atoms with Gasteiger partial charge in [0.25, 0.3) is 0 Å². The number of hydrogen-bond acceptors (Lipinski definition) is 4. The van der Waals surface area contributed by atoms with E-state index in [0.717, 1.165) is 44.2 Å². The highest BCUT2D eigenvalue weighted by atomic mass is 32.1. The Balaban J connectivity index is 1.72. The molecule has 1 aromatic rings. The number of hydrogen-bond donors (Lipinski definition) is 1. The molecule has 0 aromatic carbocycles. The van der Waals surface area contributed by atoms with E-state index in [1.807, 2.05) is 18.0 Å². The van der Waals surface area contributed by atoms with E-state index >= 15 is 0 Å². The van der Waals surface area contributed by atoms with Gasteiger partial charge in [0.1, 0.15) is 5.01 Å². The van der Waals surface area contributed by atoms with Crippen LogP contribution in [0.15, 0.2) is 6.20 Å². The smallest absolute Gasteiger partial charge is 0.317 e. The van der Waals surface area contributed by atoms with Crippen LogP contribution in [0.2, 0.25) is 0 Å². The van der Waals surface area contributed by atoms with Crippen molar-refractivity contribution >= 4 is 17.4 Å². The van der Waals surface area contributed by atoms with Crippen LogP contribution >= 0.6 is 11.3 Å². The summed E-state index contributed by atoms with van der Waals surface area (Å²) in [6, 6.07) is 0.0113. The molecule has 1 unspecified atom stereocenters. The lowest BCUT2D eigenvalue weighted by atomic mass is 10.1. The first-order valence-corrected chi connectivity index (χ1v) is 8.08. The molecule has 20 heavy (non-hydrogen) atoms. The lowest BCUT2D eigenvalue weighted by molar-refractivity contribution is 0.113. The normalized spacial score (nSPS) is 18.5. The number of likely N-dealkylation sites (tertiary alicyclic amines) is 1. The van der Waals surface area contributed by atoms with E-state index in [1.165, 1.54) is 4.88 Å². The van der Waals surface area contributed by atoms with Crippen molar-refractivity contribution in [1.29, 1.82) is 0 Å². The van der Waals surface area contributed by atoms with Crippen molar-refractivity contribution in [1.82, 2.24) is 15.2 Å². The fourth-order valence-corrected chi connectivity index (χ4v) is 3.10. The molecular weight excluding hydrogens is 274 g/mol. The van der Waals surface area contributed by atoms with Gasteiger partial charge in [0, 0.05) is 36.7 Å². The fourth-order valence-electron chi connectivity index (χ4n) is 2.29. The van der Waals surface area contributed by atoms with Crippen molar-refractivity contribution in [2.24, 2.45) is 5.92 Å². The first-order chi connectivity index (χ1) is 9.72. The van der Waals surface area contributed by atoms with E-state index in [2.05, 4.69) is 17.2 Å². The fraction of sp³-hybridized carbons (Fsp3) is 0.714. The molecule has 1 fully saturated rings. The van der Waals surface area contributed by atoms with Gasteiger partial charge in [-0.2, -0.15) is 0 Å². The number of urea groups is 1. The van der Waals surface area contributed by atoms with Gasteiger partial charge >= 0.3 is 6.03 Å². The minimum absolute atomic E-state index is 0.0113. The first-order valence-electron chi connectivity index (χ1n) is 7.27. The zero-order chi connectivity index (χ0) is 14.4. The molecule has 0 bridgehead atoms. The van der Waals surface area contributed by atoms with E-state index < -0.39 is 0 Å². The number of nitrogens with one attached hydrogen (secondary N) is 1. The van der Waals surface area contributed by atoms with Crippen LogP contribution in [0.25, 0.3) is 0 Å². The zero-order valence-corrected chi connectivity index (χ0v) is 13.0. The highest BCUT2D eigenvalue weighted by Gasteiger charge is 2.26. The summed E-state index contributed by atoms with van der Waals surface area (Å²) in [5.74, 6) is 0.479. The summed E-state index contributed by atoms with van der Waals surface area (Å²) in [5, 5.41) is 3.92. The Morgan fingerprint density at radius 1 is 1.60 bits per heavy atom. The average molecular weight is 297 g/mol. The number of aryl methyl sites for hydroxylation is 1.